The standard InChI is InChI=1S/C9H13NO5/c1-6(2)14-5-9(13)15-10-7(11)3-4-8(10)12/h3-4,6,11-12H,5H2,1-2H3. The van der Waals surface area contributed by atoms with E-state index in [0.29, 0.717) is 4.73 Å². The predicted octanol–water partition coefficient (Wildman–Crippen LogP) is 0.279. The minimum Gasteiger partial charge on any atom is -0.492 e. The lowest BCUT2D eigenvalue weighted by molar-refractivity contribution is -0.152. The Hall–Kier alpha value is -1.69. The van der Waals surface area contributed by atoms with Gasteiger partial charge in [0.1, 0.15) is 6.61 Å². The Morgan fingerprint density at radius 3 is 2.40 bits per heavy atom. The summed E-state index contributed by atoms with van der Waals surface area (Å²) in [5, 5.41) is 18.3. The zero-order valence-electron chi connectivity index (χ0n) is 8.51. The molecule has 0 bridgehead atoms. The van der Waals surface area contributed by atoms with Gasteiger partial charge in [-0.15, -0.1) is 4.73 Å². The van der Waals surface area contributed by atoms with Gasteiger partial charge in [-0.1, -0.05) is 0 Å². The van der Waals surface area contributed by atoms with Crippen LogP contribution >= 0.6 is 0 Å². The third-order valence-electron chi connectivity index (χ3n) is 1.53. The molecule has 0 aromatic carbocycles. The van der Waals surface area contributed by atoms with Crippen LogP contribution in [0.1, 0.15) is 13.8 Å². The molecule has 15 heavy (non-hydrogen) atoms. The first-order valence-electron chi connectivity index (χ1n) is 4.43. The molecule has 2 N–H and O–H groups in total. The third kappa shape index (κ3) is 3.17. The van der Waals surface area contributed by atoms with E-state index in [9.17, 15) is 4.79 Å². The Labute approximate surface area is 86.6 Å². The van der Waals surface area contributed by atoms with E-state index < -0.39 is 5.97 Å². The summed E-state index contributed by atoms with van der Waals surface area (Å²) in [5.41, 5.74) is 0. The van der Waals surface area contributed by atoms with Gasteiger partial charge >= 0.3 is 5.97 Å². The van der Waals surface area contributed by atoms with E-state index >= 15 is 0 Å². The van der Waals surface area contributed by atoms with Gasteiger partial charge in [0.15, 0.2) is 0 Å². The van der Waals surface area contributed by atoms with Gasteiger partial charge in [-0.3, -0.25) is 0 Å². The summed E-state index contributed by atoms with van der Waals surface area (Å²) in [7, 11) is 0. The minimum atomic E-state index is -0.703. The van der Waals surface area contributed by atoms with E-state index in [-0.39, 0.29) is 24.5 Å². The molecular weight excluding hydrogens is 202 g/mol. The molecule has 0 fully saturated rings. The fourth-order valence-electron chi connectivity index (χ4n) is 0.858. The van der Waals surface area contributed by atoms with Crippen LogP contribution in [0.25, 0.3) is 0 Å². The Bertz CT molecular complexity index is 325. The van der Waals surface area contributed by atoms with Gasteiger partial charge in [0.25, 0.3) is 0 Å². The second-order valence-corrected chi connectivity index (χ2v) is 3.17. The molecule has 84 valence electrons. The number of rotatable bonds is 4. The number of ether oxygens (including phenoxy) is 1. The fraction of sp³-hybridized carbons (Fsp3) is 0.444. The van der Waals surface area contributed by atoms with Gasteiger partial charge in [0.2, 0.25) is 11.8 Å². The molecule has 1 aromatic heterocycles. The summed E-state index contributed by atoms with van der Waals surface area (Å²) in [6.45, 7) is 3.31. The van der Waals surface area contributed by atoms with Crippen molar-refractivity contribution in [2.75, 3.05) is 6.61 Å². The summed E-state index contributed by atoms with van der Waals surface area (Å²) in [6, 6.07) is 2.40. The van der Waals surface area contributed by atoms with E-state index in [4.69, 9.17) is 14.9 Å². The van der Waals surface area contributed by atoms with E-state index in [1.165, 1.54) is 12.1 Å². The number of hydrogen-bond acceptors (Lipinski definition) is 5. The van der Waals surface area contributed by atoms with Crippen LogP contribution in [0.15, 0.2) is 12.1 Å². The van der Waals surface area contributed by atoms with Crippen molar-refractivity contribution >= 4 is 5.97 Å². The summed E-state index contributed by atoms with van der Waals surface area (Å²) in [6.07, 6.45) is -0.0931. The molecule has 0 radical (unpaired) electrons. The largest absolute Gasteiger partial charge is 0.492 e. The first-order chi connectivity index (χ1) is 7.00. The molecule has 0 aliphatic heterocycles. The number of hydrogen-bond donors (Lipinski definition) is 2. The molecule has 0 aliphatic carbocycles. The third-order valence-corrected chi connectivity index (χ3v) is 1.53. The highest BCUT2D eigenvalue weighted by Crippen LogP contribution is 2.18. The Morgan fingerprint density at radius 1 is 1.40 bits per heavy atom. The topological polar surface area (TPSA) is 80.9 Å². The maximum Gasteiger partial charge on any atom is 0.358 e. The predicted molar refractivity (Wildman–Crippen MR) is 50.4 cm³/mol. The van der Waals surface area contributed by atoms with E-state index in [1.54, 1.807) is 13.8 Å². The van der Waals surface area contributed by atoms with Crippen molar-refractivity contribution in [3.05, 3.63) is 12.1 Å². The Morgan fingerprint density at radius 2 is 1.93 bits per heavy atom. The van der Waals surface area contributed by atoms with Crippen LogP contribution in [0.4, 0.5) is 0 Å². The molecule has 0 amide bonds. The zero-order valence-corrected chi connectivity index (χ0v) is 8.51. The van der Waals surface area contributed by atoms with Crippen molar-refractivity contribution in [2.45, 2.75) is 20.0 Å². The average Bonchev–Trinajstić information content (AvgIpc) is 2.46. The molecule has 6 heteroatoms. The molecule has 0 spiro atoms. The average molecular weight is 215 g/mol. The number of nitrogens with zero attached hydrogens (tertiary/aromatic N) is 1. The van der Waals surface area contributed by atoms with Gasteiger partial charge in [-0.05, 0) is 13.8 Å². The van der Waals surface area contributed by atoms with E-state index in [1.807, 2.05) is 0 Å². The molecule has 1 heterocycles. The monoisotopic (exact) mass is 215 g/mol. The molecule has 6 nitrogen and oxygen atoms in total. The normalized spacial score (nSPS) is 10.6. The van der Waals surface area contributed by atoms with Gasteiger partial charge in [-0.2, -0.15) is 0 Å². The highest BCUT2D eigenvalue weighted by atomic mass is 16.7. The van der Waals surface area contributed by atoms with Crippen LogP contribution in [0.5, 0.6) is 11.8 Å². The first-order valence-corrected chi connectivity index (χ1v) is 4.43. The van der Waals surface area contributed by atoms with Gasteiger partial charge in [0, 0.05) is 12.1 Å². The number of aromatic nitrogens is 1. The Kier molecular flexibility index (Phi) is 3.56. The molecule has 0 aliphatic rings. The second-order valence-electron chi connectivity index (χ2n) is 3.17. The quantitative estimate of drug-likeness (QED) is 0.754. The summed E-state index contributed by atoms with van der Waals surface area (Å²) >= 11 is 0. The lowest BCUT2D eigenvalue weighted by Gasteiger charge is -2.08. The smallest absolute Gasteiger partial charge is 0.358 e. The molecule has 1 aromatic rings. The summed E-state index contributed by atoms with van der Waals surface area (Å²) in [4.78, 5) is 15.7. The van der Waals surface area contributed by atoms with Crippen LogP contribution in [0.3, 0.4) is 0 Å². The van der Waals surface area contributed by atoms with Gasteiger partial charge in [-0.25, -0.2) is 4.79 Å². The summed E-state index contributed by atoms with van der Waals surface area (Å²) in [5.74, 6) is -1.42. The van der Waals surface area contributed by atoms with Crippen molar-refractivity contribution in [2.24, 2.45) is 0 Å². The van der Waals surface area contributed by atoms with E-state index in [2.05, 4.69) is 4.84 Å². The zero-order chi connectivity index (χ0) is 11.4. The van der Waals surface area contributed by atoms with Crippen LogP contribution in [0, 0.1) is 0 Å². The van der Waals surface area contributed by atoms with Crippen molar-refractivity contribution < 1.29 is 24.6 Å². The molecule has 0 unspecified atom stereocenters. The number of carbonyl (C=O) groups is 1. The van der Waals surface area contributed by atoms with Crippen LogP contribution in [-0.4, -0.2) is 33.6 Å². The molecule has 0 atom stereocenters. The van der Waals surface area contributed by atoms with Gasteiger partial charge < -0.3 is 19.8 Å². The molecule has 0 saturated carbocycles. The molecule has 0 saturated heterocycles. The fourth-order valence-corrected chi connectivity index (χ4v) is 0.858. The highest BCUT2D eigenvalue weighted by molar-refractivity contribution is 5.71. The van der Waals surface area contributed by atoms with Gasteiger partial charge in [0.05, 0.1) is 6.10 Å². The molecule has 1 rings (SSSR count). The maximum atomic E-state index is 11.1. The second kappa shape index (κ2) is 4.70. The lowest BCUT2D eigenvalue weighted by Crippen LogP contribution is -2.24. The first kappa shape index (κ1) is 11.4. The van der Waals surface area contributed by atoms with Crippen LogP contribution in [-0.2, 0) is 9.53 Å². The number of aromatic hydroxyl groups is 2. The van der Waals surface area contributed by atoms with E-state index in [0.717, 1.165) is 0 Å². The minimum absolute atomic E-state index is 0.0931. The van der Waals surface area contributed by atoms with Crippen molar-refractivity contribution in [3.63, 3.8) is 0 Å². The Balaban J connectivity index is 2.51. The SMILES string of the molecule is CC(C)OCC(=O)On1c(O)ccc1O. The maximum absolute atomic E-state index is 11.1. The van der Waals surface area contributed by atoms with Crippen LogP contribution < -0.4 is 4.84 Å². The number of carbonyl (C=O) groups excluding carboxylic acids is 1. The molecular formula is C9H13NO5. The van der Waals surface area contributed by atoms with Crippen molar-refractivity contribution in [3.8, 4) is 11.8 Å². The summed E-state index contributed by atoms with van der Waals surface area (Å²) < 4.78 is 5.60. The highest BCUT2D eigenvalue weighted by Gasteiger charge is 2.12. The lowest BCUT2D eigenvalue weighted by atomic mass is 10.5. The van der Waals surface area contributed by atoms with Crippen molar-refractivity contribution in [1.29, 1.82) is 0 Å². The van der Waals surface area contributed by atoms with Crippen LogP contribution in [0.2, 0.25) is 0 Å². The van der Waals surface area contributed by atoms with Crippen molar-refractivity contribution in [1.82, 2.24) is 4.73 Å².